The van der Waals surface area contributed by atoms with Gasteiger partial charge >= 0.3 is 11.9 Å². The molecule has 0 aliphatic carbocycles. The van der Waals surface area contributed by atoms with Crippen LogP contribution in [-0.2, 0) is 22.4 Å². The SMILES string of the molecule is CN[C@H](Cc1ccccc1)C(=O)O.C[C@@](N)(Cc1ccccc1)C(=O)O. The molecule has 0 saturated carbocycles. The lowest BCUT2D eigenvalue weighted by molar-refractivity contribution is -0.142. The summed E-state index contributed by atoms with van der Waals surface area (Å²) >= 11 is 0. The number of hydrogen-bond acceptors (Lipinski definition) is 4. The van der Waals surface area contributed by atoms with Gasteiger partial charge in [0.15, 0.2) is 0 Å². The molecule has 0 spiro atoms. The van der Waals surface area contributed by atoms with Gasteiger partial charge in [0.1, 0.15) is 11.6 Å². The lowest BCUT2D eigenvalue weighted by Gasteiger charge is -2.18. The predicted molar refractivity (Wildman–Crippen MR) is 101 cm³/mol. The molecule has 6 heteroatoms. The maximum atomic E-state index is 10.7. The lowest BCUT2D eigenvalue weighted by Crippen LogP contribution is -2.46. The molecule has 0 aliphatic heterocycles. The van der Waals surface area contributed by atoms with Crippen molar-refractivity contribution in [3.8, 4) is 0 Å². The molecule has 2 aromatic rings. The van der Waals surface area contributed by atoms with Gasteiger partial charge in [-0.05, 0) is 31.5 Å². The molecule has 2 atom stereocenters. The van der Waals surface area contributed by atoms with Crippen molar-refractivity contribution in [2.75, 3.05) is 7.05 Å². The lowest BCUT2D eigenvalue weighted by atomic mass is 9.94. The van der Waals surface area contributed by atoms with Crippen molar-refractivity contribution in [1.82, 2.24) is 5.32 Å². The van der Waals surface area contributed by atoms with Gasteiger partial charge in [-0.2, -0.15) is 0 Å². The summed E-state index contributed by atoms with van der Waals surface area (Å²) in [5, 5.41) is 20.3. The number of carboxylic acids is 2. The van der Waals surface area contributed by atoms with E-state index in [0.717, 1.165) is 11.1 Å². The van der Waals surface area contributed by atoms with Crippen molar-refractivity contribution in [3.63, 3.8) is 0 Å². The van der Waals surface area contributed by atoms with Gasteiger partial charge in [-0.1, -0.05) is 60.7 Å². The van der Waals surface area contributed by atoms with E-state index in [2.05, 4.69) is 5.32 Å². The minimum absolute atomic E-state index is 0.350. The molecule has 0 saturated heterocycles. The number of carboxylic acid groups (broad SMARTS) is 2. The molecule has 2 rings (SSSR count). The Morgan fingerprint density at radius 3 is 1.85 bits per heavy atom. The highest BCUT2D eigenvalue weighted by atomic mass is 16.4. The first-order valence-electron chi connectivity index (χ1n) is 8.26. The van der Waals surface area contributed by atoms with Crippen LogP contribution in [-0.4, -0.2) is 40.8 Å². The summed E-state index contributed by atoms with van der Waals surface area (Å²) in [7, 11) is 1.65. The molecule has 0 radical (unpaired) electrons. The van der Waals surface area contributed by atoms with Gasteiger partial charge in [0.05, 0.1) is 0 Å². The highest BCUT2D eigenvalue weighted by Gasteiger charge is 2.27. The van der Waals surface area contributed by atoms with Crippen molar-refractivity contribution in [3.05, 3.63) is 71.8 Å². The predicted octanol–water partition coefficient (Wildman–Crippen LogP) is 1.93. The molecule has 0 bridgehead atoms. The largest absolute Gasteiger partial charge is 0.480 e. The fourth-order valence-corrected chi connectivity index (χ4v) is 2.26. The molecule has 140 valence electrons. The maximum absolute atomic E-state index is 10.7. The maximum Gasteiger partial charge on any atom is 0.323 e. The Labute approximate surface area is 153 Å². The molecule has 0 unspecified atom stereocenters. The number of carbonyl (C=O) groups is 2. The third-order valence-corrected chi connectivity index (χ3v) is 3.83. The van der Waals surface area contributed by atoms with E-state index in [1.54, 1.807) is 7.05 Å². The first-order valence-corrected chi connectivity index (χ1v) is 8.26. The molecular weight excluding hydrogens is 332 g/mol. The van der Waals surface area contributed by atoms with Crippen molar-refractivity contribution in [2.45, 2.75) is 31.3 Å². The molecule has 0 fully saturated rings. The quantitative estimate of drug-likeness (QED) is 0.602. The summed E-state index contributed by atoms with van der Waals surface area (Å²) in [6, 6.07) is 18.4. The average molecular weight is 358 g/mol. The first kappa shape index (κ1) is 21.3. The minimum Gasteiger partial charge on any atom is -0.480 e. The van der Waals surface area contributed by atoms with Gasteiger partial charge in [0.2, 0.25) is 0 Å². The van der Waals surface area contributed by atoms with E-state index in [1.807, 2.05) is 60.7 Å². The zero-order chi connectivity index (χ0) is 19.6. The zero-order valence-corrected chi connectivity index (χ0v) is 15.1. The van der Waals surface area contributed by atoms with Crippen LogP contribution in [0.2, 0.25) is 0 Å². The van der Waals surface area contributed by atoms with Gasteiger partial charge in [-0.3, -0.25) is 9.59 Å². The van der Waals surface area contributed by atoms with Crippen molar-refractivity contribution < 1.29 is 19.8 Å². The number of likely N-dealkylation sites (N-methyl/N-ethyl adjacent to an activating group) is 1. The highest BCUT2D eigenvalue weighted by Crippen LogP contribution is 2.10. The summed E-state index contributed by atoms with van der Waals surface area (Å²) in [6.45, 7) is 1.52. The second kappa shape index (κ2) is 10.3. The van der Waals surface area contributed by atoms with Gasteiger partial charge in [-0.15, -0.1) is 0 Å². The van der Waals surface area contributed by atoms with Crippen molar-refractivity contribution >= 4 is 11.9 Å². The standard InChI is InChI=1S/2C10H13NO2/c1-10(11,9(12)13)7-8-5-3-2-4-6-8;1-11-9(10(12)13)7-8-5-3-2-4-6-8/h2-6H,7,11H2,1H3,(H,12,13);2-6,9,11H,7H2,1H3,(H,12,13)/t10-;9-/m11/s1. The van der Waals surface area contributed by atoms with Crippen LogP contribution in [0.1, 0.15) is 18.1 Å². The van der Waals surface area contributed by atoms with Crippen molar-refractivity contribution in [2.24, 2.45) is 5.73 Å². The van der Waals surface area contributed by atoms with Crippen LogP contribution < -0.4 is 11.1 Å². The molecule has 0 amide bonds. The Balaban J connectivity index is 0.000000260. The number of nitrogens with two attached hydrogens (primary N) is 1. The van der Waals surface area contributed by atoms with Crippen molar-refractivity contribution in [1.29, 1.82) is 0 Å². The molecule has 0 aliphatic rings. The Kier molecular flexibility index (Phi) is 8.48. The third-order valence-electron chi connectivity index (χ3n) is 3.83. The summed E-state index contributed by atoms with van der Waals surface area (Å²) < 4.78 is 0. The van der Waals surface area contributed by atoms with E-state index >= 15 is 0 Å². The summed E-state index contributed by atoms with van der Waals surface area (Å²) in [4.78, 5) is 21.4. The van der Waals surface area contributed by atoms with Crippen LogP contribution in [0.3, 0.4) is 0 Å². The molecule has 0 aromatic heterocycles. The van der Waals surface area contributed by atoms with Crippen LogP contribution in [0.15, 0.2) is 60.7 Å². The molecule has 6 nitrogen and oxygen atoms in total. The van der Waals surface area contributed by atoms with Gasteiger partial charge < -0.3 is 21.3 Å². The zero-order valence-electron chi connectivity index (χ0n) is 15.1. The molecule has 0 heterocycles. The van der Waals surface area contributed by atoms with Gasteiger partial charge in [-0.25, -0.2) is 0 Å². The molecule has 26 heavy (non-hydrogen) atoms. The average Bonchev–Trinajstić information content (AvgIpc) is 2.61. The third kappa shape index (κ3) is 7.46. The van der Waals surface area contributed by atoms with E-state index in [4.69, 9.17) is 15.9 Å². The second-order valence-corrected chi connectivity index (χ2v) is 6.25. The summed E-state index contributed by atoms with van der Waals surface area (Å²) in [6.07, 6.45) is 0.871. The number of rotatable bonds is 7. The topological polar surface area (TPSA) is 113 Å². The van der Waals surface area contributed by atoms with Crippen LogP contribution in [0.25, 0.3) is 0 Å². The first-order chi connectivity index (χ1) is 12.3. The van der Waals surface area contributed by atoms with E-state index < -0.39 is 23.5 Å². The smallest absolute Gasteiger partial charge is 0.323 e. The Bertz CT molecular complexity index is 687. The number of benzene rings is 2. The normalized spacial score (nSPS) is 13.7. The van der Waals surface area contributed by atoms with Crippen LogP contribution in [0.4, 0.5) is 0 Å². The van der Waals surface area contributed by atoms with E-state index in [9.17, 15) is 9.59 Å². The molecule has 2 aromatic carbocycles. The van der Waals surface area contributed by atoms with E-state index in [1.165, 1.54) is 6.92 Å². The van der Waals surface area contributed by atoms with E-state index in [-0.39, 0.29) is 0 Å². The Morgan fingerprint density at radius 1 is 1.00 bits per heavy atom. The van der Waals surface area contributed by atoms with Crippen LogP contribution in [0.5, 0.6) is 0 Å². The van der Waals surface area contributed by atoms with E-state index in [0.29, 0.717) is 12.8 Å². The monoisotopic (exact) mass is 358 g/mol. The van der Waals surface area contributed by atoms with Gasteiger partial charge in [0.25, 0.3) is 0 Å². The molecule has 5 N–H and O–H groups in total. The minimum atomic E-state index is -1.18. The fourth-order valence-electron chi connectivity index (χ4n) is 2.26. The second-order valence-electron chi connectivity index (χ2n) is 6.25. The van der Waals surface area contributed by atoms with Crippen LogP contribution in [0, 0.1) is 0 Å². The number of aliphatic carboxylic acids is 2. The summed E-state index contributed by atoms with van der Waals surface area (Å²) in [5.41, 5.74) is 6.38. The number of hydrogen-bond donors (Lipinski definition) is 4. The van der Waals surface area contributed by atoms with Crippen LogP contribution >= 0.6 is 0 Å². The Morgan fingerprint density at radius 2 is 1.46 bits per heavy atom. The summed E-state index contributed by atoms with van der Waals surface area (Å²) in [5.74, 6) is -1.79. The van der Waals surface area contributed by atoms with Gasteiger partial charge in [0, 0.05) is 6.42 Å². The highest BCUT2D eigenvalue weighted by molar-refractivity contribution is 5.78. The fraction of sp³-hybridized carbons (Fsp3) is 0.300. The number of nitrogens with one attached hydrogen (secondary N) is 1. The Hall–Kier alpha value is -2.70. The molecular formula is C20H26N2O4.